The number of likely N-dealkylation sites (N-methyl/N-ethyl adjacent to an activating group) is 1. The summed E-state index contributed by atoms with van der Waals surface area (Å²) in [6.07, 6.45) is 0. The van der Waals surface area contributed by atoms with Crippen molar-refractivity contribution in [3.63, 3.8) is 0 Å². The van der Waals surface area contributed by atoms with Crippen LogP contribution in [0.1, 0.15) is 31.0 Å². The lowest BCUT2D eigenvalue weighted by Gasteiger charge is -2.17. The van der Waals surface area contributed by atoms with Crippen molar-refractivity contribution in [2.75, 3.05) is 25.1 Å². The Hall–Kier alpha value is -1.39. The van der Waals surface area contributed by atoms with Crippen molar-refractivity contribution in [1.29, 1.82) is 0 Å². The van der Waals surface area contributed by atoms with Crippen molar-refractivity contribution in [1.82, 2.24) is 9.97 Å². The highest BCUT2D eigenvalue weighted by Crippen LogP contribution is 2.23. The van der Waals surface area contributed by atoms with Gasteiger partial charge in [-0.2, -0.15) is 0 Å². The van der Waals surface area contributed by atoms with Crippen molar-refractivity contribution >= 4 is 29.3 Å². The number of hydrogen-bond acceptors (Lipinski definition) is 4. The van der Waals surface area contributed by atoms with Gasteiger partial charge in [-0.15, -0.1) is 12.4 Å². The van der Waals surface area contributed by atoms with Crippen LogP contribution in [0.5, 0.6) is 0 Å². The monoisotopic (exact) mass is 295 g/mol. The molecule has 1 heterocycles. The molecule has 0 radical (unpaired) electrons. The summed E-state index contributed by atoms with van der Waals surface area (Å²) >= 11 is 0. The molecule has 4 nitrogen and oxygen atoms in total. The second kappa shape index (κ2) is 6.86. The normalized spacial score (nSPS) is 10.7. The smallest absolute Gasteiger partial charge is 0.225 e. The number of hydrogen-bond donors (Lipinski definition) is 1. The summed E-state index contributed by atoms with van der Waals surface area (Å²) in [5.74, 6) is 1.16. The van der Waals surface area contributed by atoms with Crippen LogP contribution in [-0.2, 0) is 0 Å². The summed E-state index contributed by atoms with van der Waals surface area (Å²) in [5.41, 5.74) is 3.24. The third-order valence-corrected chi connectivity index (χ3v) is 3.34. The summed E-state index contributed by atoms with van der Waals surface area (Å²) in [5, 5.41) is 10.1. The summed E-state index contributed by atoms with van der Waals surface area (Å²) in [6.45, 7) is 7.00. The molecule has 0 saturated carbocycles. The van der Waals surface area contributed by atoms with Crippen LogP contribution < -0.4 is 4.90 Å². The number of aromatic nitrogens is 2. The maximum atomic E-state index is 8.98. The van der Waals surface area contributed by atoms with E-state index in [1.54, 1.807) is 0 Å². The van der Waals surface area contributed by atoms with Gasteiger partial charge in [0.25, 0.3) is 0 Å². The minimum atomic E-state index is 0. The average molecular weight is 296 g/mol. The number of benzene rings is 1. The summed E-state index contributed by atoms with van der Waals surface area (Å²) < 4.78 is 0. The lowest BCUT2D eigenvalue weighted by atomic mass is 10.0. The van der Waals surface area contributed by atoms with E-state index in [1.807, 2.05) is 18.9 Å². The average Bonchev–Trinajstić information content (AvgIpc) is 2.38. The second-order valence-corrected chi connectivity index (χ2v) is 5.19. The van der Waals surface area contributed by atoms with Crippen molar-refractivity contribution in [3.05, 3.63) is 29.5 Å². The van der Waals surface area contributed by atoms with Gasteiger partial charge in [0, 0.05) is 19.0 Å². The minimum absolute atomic E-state index is 0. The molecule has 110 valence electrons. The highest BCUT2D eigenvalue weighted by molar-refractivity contribution is 5.85. The minimum Gasteiger partial charge on any atom is -0.395 e. The fraction of sp³-hybridized carbons (Fsp3) is 0.467. The Bertz CT molecular complexity index is 587. The molecular formula is C15H22ClN3O. The maximum Gasteiger partial charge on any atom is 0.225 e. The van der Waals surface area contributed by atoms with Gasteiger partial charge in [-0.1, -0.05) is 19.9 Å². The van der Waals surface area contributed by atoms with E-state index < -0.39 is 0 Å². The van der Waals surface area contributed by atoms with E-state index in [1.165, 1.54) is 5.56 Å². The van der Waals surface area contributed by atoms with Crippen molar-refractivity contribution in [2.45, 2.75) is 26.7 Å². The predicted molar refractivity (Wildman–Crippen MR) is 86.0 cm³/mol. The van der Waals surface area contributed by atoms with Crippen LogP contribution >= 0.6 is 12.4 Å². The van der Waals surface area contributed by atoms with Gasteiger partial charge < -0.3 is 10.0 Å². The van der Waals surface area contributed by atoms with Crippen LogP contribution in [0.2, 0.25) is 0 Å². The fourth-order valence-electron chi connectivity index (χ4n) is 2.06. The number of fused-ring (bicyclic) bond motifs is 1. The first kappa shape index (κ1) is 16.7. The molecule has 0 aliphatic heterocycles. The Balaban J connectivity index is 0.00000200. The van der Waals surface area contributed by atoms with Crippen molar-refractivity contribution in [2.24, 2.45) is 0 Å². The number of nitrogens with zero attached hydrogens (tertiary/aromatic N) is 3. The molecule has 0 bridgehead atoms. The molecule has 0 atom stereocenters. The Morgan fingerprint density at radius 2 is 1.95 bits per heavy atom. The Kier molecular flexibility index (Phi) is 5.72. The molecule has 0 spiro atoms. The van der Waals surface area contributed by atoms with Gasteiger partial charge in [0.1, 0.15) is 0 Å². The molecule has 2 rings (SSSR count). The zero-order valence-electron chi connectivity index (χ0n) is 12.4. The number of aliphatic hydroxyl groups excluding tert-OH is 1. The Morgan fingerprint density at radius 1 is 1.25 bits per heavy atom. The lowest BCUT2D eigenvalue weighted by Crippen LogP contribution is -2.23. The highest BCUT2D eigenvalue weighted by atomic mass is 35.5. The number of rotatable bonds is 4. The van der Waals surface area contributed by atoms with Crippen molar-refractivity contribution < 1.29 is 5.11 Å². The van der Waals surface area contributed by atoms with Crippen LogP contribution in [0.3, 0.4) is 0 Å². The topological polar surface area (TPSA) is 49.2 Å². The van der Waals surface area contributed by atoms with E-state index in [0.29, 0.717) is 18.4 Å². The number of aliphatic hydroxyl groups is 1. The van der Waals surface area contributed by atoms with E-state index in [0.717, 1.165) is 16.6 Å². The van der Waals surface area contributed by atoms with Gasteiger partial charge in [-0.05, 0) is 30.5 Å². The van der Waals surface area contributed by atoms with Crippen LogP contribution in [-0.4, -0.2) is 35.3 Å². The SMILES string of the molecule is Cc1nc(N(C)CCO)nc2ccc(C(C)C)cc12.Cl. The van der Waals surface area contributed by atoms with E-state index in [4.69, 9.17) is 5.11 Å². The van der Waals surface area contributed by atoms with Crippen LogP contribution in [0.4, 0.5) is 5.95 Å². The maximum absolute atomic E-state index is 8.98. The molecule has 0 unspecified atom stereocenters. The van der Waals surface area contributed by atoms with Crippen molar-refractivity contribution in [3.8, 4) is 0 Å². The van der Waals surface area contributed by atoms with Gasteiger partial charge in [0.05, 0.1) is 17.8 Å². The molecule has 0 aliphatic carbocycles. The first-order valence-electron chi connectivity index (χ1n) is 6.63. The number of anilines is 1. The van der Waals surface area contributed by atoms with Gasteiger partial charge in [0.15, 0.2) is 0 Å². The van der Waals surface area contributed by atoms with Gasteiger partial charge in [-0.3, -0.25) is 0 Å². The Morgan fingerprint density at radius 3 is 2.55 bits per heavy atom. The number of aryl methyl sites for hydroxylation is 1. The second-order valence-electron chi connectivity index (χ2n) is 5.19. The summed E-state index contributed by atoms with van der Waals surface area (Å²) in [6, 6.07) is 6.34. The highest BCUT2D eigenvalue weighted by Gasteiger charge is 2.09. The summed E-state index contributed by atoms with van der Waals surface area (Å²) in [7, 11) is 1.89. The quantitative estimate of drug-likeness (QED) is 0.942. The third-order valence-electron chi connectivity index (χ3n) is 3.34. The van der Waals surface area contributed by atoms with E-state index in [9.17, 15) is 0 Å². The number of halogens is 1. The molecule has 2 aromatic rings. The van der Waals surface area contributed by atoms with E-state index >= 15 is 0 Å². The zero-order chi connectivity index (χ0) is 14.0. The molecule has 1 N–H and O–H groups in total. The zero-order valence-corrected chi connectivity index (χ0v) is 13.2. The van der Waals surface area contributed by atoms with Gasteiger partial charge >= 0.3 is 0 Å². The first-order chi connectivity index (χ1) is 9.02. The van der Waals surface area contributed by atoms with Gasteiger partial charge in [-0.25, -0.2) is 9.97 Å². The molecule has 5 heteroatoms. The Labute approximate surface area is 126 Å². The lowest BCUT2D eigenvalue weighted by molar-refractivity contribution is 0.303. The predicted octanol–water partition coefficient (Wildman–Crippen LogP) is 2.91. The van der Waals surface area contributed by atoms with E-state index in [-0.39, 0.29) is 19.0 Å². The molecule has 0 aliphatic rings. The fourth-order valence-corrected chi connectivity index (χ4v) is 2.06. The molecule has 1 aromatic carbocycles. The molecule has 20 heavy (non-hydrogen) atoms. The van der Waals surface area contributed by atoms with Gasteiger partial charge in [0.2, 0.25) is 5.95 Å². The molecule has 0 amide bonds. The largest absolute Gasteiger partial charge is 0.395 e. The van der Waals surface area contributed by atoms with Crippen LogP contribution in [0.25, 0.3) is 10.9 Å². The molecule has 0 saturated heterocycles. The molecular weight excluding hydrogens is 274 g/mol. The third kappa shape index (κ3) is 3.38. The first-order valence-corrected chi connectivity index (χ1v) is 6.63. The van der Waals surface area contributed by atoms with Crippen LogP contribution in [0, 0.1) is 6.92 Å². The summed E-state index contributed by atoms with van der Waals surface area (Å²) in [4.78, 5) is 10.9. The van der Waals surface area contributed by atoms with E-state index in [2.05, 4.69) is 42.0 Å². The van der Waals surface area contributed by atoms with Crippen LogP contribution in [0.15, 0.2) is 18.2 Å². The molecule has 1 aromatic heterocycles. The molecule has 0 fully saturated rings. The standard InChI is InChI=1S/C15H21N3O.ClH/c1-10(2)12-5-6-14-13(9-12)11(3)16-15(17-14)18(4)7-8-19;/h5-6,9-10,19H,7-8H2,1-4H3;1H.